The van der Waals surface area contributed by atoms with Gasteiger partial charge in [0.15, 0.2) is 0 Å². The Morgan fingerprint density at radius 2 is 1.67 bits per heavy atom. The third kappa shape index (κ3) is 7.52. The second kappa shape index (κ2) is 13.4. The summed E-state index contributed by atoms with van der Waals surface area (Å²) in [5.41, 5.74) is 0.133. The molecule has 0 spiro atoms. The minimum absolute atomic E-state index is 0.138. The van der Waals surface area contributed by atoms with Gasteiger partial charge in [-0.3, -0.25) is 14.3 Å². The van der Waals surface area contributed by atoms with E-state index in [9.17, 15) is 40.7 Å². The summed E-state index contributed by atoms with van der Waals surface area (Å²) in [7, 11) is -1.87. The van der Waals surface area contributed by atoms with Gasteiger partial charge in [-0.25, -0.2) is 12.8 Å². The lowest BCUT2D eigenvalue weighted by Gasteiger charge is -2.35. The Bertz CT molecular complexity index is 1700. The number of carbonyl (C=O) groups excluding carboxylic acids is 1. The van der Waals surface area contributed by atoms with Gasteiger partial charge in [0, 0.05) is 12.2 Å². The van der Waals surface area contributed by atoms with Crippen LogP contribution in [-0.2, 0) is 25.8 Å². The molecule has 1 amide bonds. The highest BCUT2D eigenvalue weighted by molar-refractivity contribution is 7.92. The van der Waals surface area contributed by atoms with Crippen LogP contribution in [0.4, 0.5) is 28.9 Å². The largest absolute Gasteiger partial charge is 0.481 e. The summed E-state index contributed by atoms with van der Waals surface area (Å²) in [5.74, 6) is -5.98. The first-order valence-corrected chi connectivity index (χ1v) is 16.5. The molecule has 0 bridgehead atoms. The van der Waals surface area contributed by atoms with Gasteiger partial charge in [0.1, 0.15) is 5.82 Å². The number of carboxylic acids is 1. The fourth-order valence-corrected chi connectivity index (χ4v) is 7.73. The van der Waals surface area contributed by atoms with Crippen LogP contribution < -0.4 is 10.0 Å². The van der Waals surface area contributed by atoms with E-state index in [0.29, 0.717) is 24.5 Å². The van der Waals surface area contributed by atoms with Gasteiger partial charge >= 0.3 is 12.1 Å². The summed E-state index contributed by atoms with van der Waals surface area (Å²) in [6.45, 7) is 1.86. The van der Waals surface area contributed by atoms with E-state index in [2.05, 4.69) is 14.9 Å². The molecule has 1 aliphatic carbocycles. The number of carboxylic acid groups (broad SMARTS) is 1. The lowest BCUT2D eigenvalue weighted by atomic mass is 9.69. The number of halogens is 4. The van der Waals surface area contributed by atoms with E-state index in [1.54, 1.807) is 24.3 Å². The van der Waals surface area contributed by atoms with Gasteiger partial charge in [-0.1, -0.05) is 30.7 Å². The number of rotatable bonds is 8. The predicted molar refractivity (Wildman–Crippen MR) is 164 cm³/mol. The van der Waals surface area contributed by atoms with Crippen molar-refractivity contribution in [3.63, 3.8) is 0 Å². The van der Waals surface area contributed by atoms with E-state index < -0.39 is 62.9 Å². The normalized spacial score (nSPS) is 22.6. The Labute approximate surface area is 264 Å². The van der Waals surface area contributed by atoms with Crippen LogP contribution in [0, 0.1) is 17.7 Å². The zero-order valence-corrected chi connectivity index (χ0v) is 25.9. The van der Waals surface area contributed by atoms with E-state index >= 15 is 0 Å². The molecule has 8 nitrogen and oxygen atoms in total. The van der Waals surface area contributed by atoms with Gasteiger partial charge in [0.25, 0.3) is 10.0 Å². The molecule has 1 saturated heterocycles. The first kappa shape index (κ1) is 33.4. The van der Waals surface area contributed by atoms with Crippen LogP contribution in [0.1, 0.15) is 60.6 Å². The number of hydrogen-bond acceptors (Lipinski definition) is 5. The van der Waals surface area contributed by atoms with Crippen molar-refractivity contribution in [3.05, 3.63) is 89.2 Å². The highest BCUT2D eigenvalue weighted by atomic mass is 32.2. The molecule has 5 rings (SSSR count). The molecule has 4 atom stereocenters. The van der Waals surface area contributed by atoms with Gasteiger partial charge in [-0.15, -0.1) is 0 Å². The summed E-state index contributed by atoms with van der Waals surface area (Å²) in [5, 5.41) is 12.4. The topological polar surface area (TPSA) is 116 Å². The van der Waals surface area contributed by atoms with Crippen molar-refractivity contribution in [1.82, 2.24) is 4.90 Å². The molecule has 246 valence electrons. The van der Waals surface area contributed by atoms with Crippen LogP contribution in [0.2, 0.25) is 0 Å². The Balaban J connectivity index is 1.29. The van der Waals surface area contributed by atoms with E-state index in [-0.39, 0.29) is 29.0 Å². The van der Waals surface area contributed by atoms with Crippen molar-refractivity contribution in [3.8, 4) is 0 Å². The molecule has 46 heavy (non-hydrogen) atoms. The average molecular weight is 662 g/mol. The molecular weight excluding hydrogens is 626 g/mol. The molecule has 3 N–H and O–H groups in total. The number of anilines is 2. The van der Waals surface area contributed by atoms with Crippen molar-refractivity contribution in [2.24, 2.45) is 11.8 Å². The first-order chi connectivity index (χ1) is 21.7. The second-order valence-corrected chi connectivity index (χ2v) is 13.8. The van der Waals surface area contributed by atoms with Gasteiger partial charge in [0.05, 0.1) is 28.0 Å². The minimum Gasteiger partial charge on any atom is -0.481 e. The predicted octanol–water partition coefficient (Wildman–Crippen LogP) is 6.68. The Morgan fingerprint density at radius 1 is 0.935 bits per heavy atom. The fraction of sp³-hybridized carbons (Fsp3) is 0.394. The van der Waals surface area contributed by atoms with Gasteiger partial charge in [-0.05, 0) is 105 Å². The average Bonchev–Trinajstić information content (AvgIpc) is 3.01. The molecule has 0 aromatic heterocycles. The lowest BCUT2D eigenvalue weighted by Crippen LogP contribution is -2.40. The molecule has 3 aromatic rings. The molecule has 0 radical (unpaired) electrons. The minimum atomic E-state index is -4.76. The number of nitrogens with one attached hydrogen (secondary N) is 2. The first-order valence-electron chi connectivity index (χ1n) is 15.0. The number of piperidine rings is 1. The summed E-state index contributed by atoms with van der Waals surface area (Å²) >= 11 is 0. The van der Waals surface area contributed by atoms with Gasteiger partial charge < -0.3 is 15.3 Å². The van der Waals surface area contributed by atoms with Crippen molar-refractivity contribution in [1.29, 1.82) is 0 Å². The smallest absolute Gasteiger partial charge is 0.416 e. The third-order valence-electron chi connectivity index (χ3n) is 8.93. The van der Waals surface area contributed by atoms with E-state index in [4.69, 9.17) is 0 Å². The zero-order valence-electron chi connectivity index (χ0n) is 25.1. The number of sulfonamides is 1. The third-order valence-corrected chi connectivity index (χ3v) is 10.3. The van der Waals surface area contributed by atoms with Crippen LogP contribution in [0.5, 0.6) is 0 Å². The zero-order chi connectivity index (χ0) is 33.2. The number of likely N-dealkylation sites (N-methyl/N-ethyl adjacent to an activating group) is 1. The fourth-order valence-electron chi connectivity index (χ4n) is 6.61. The Morgan fingerprint density at radius 3 is 2.33 bits per heavy atom. The molecule has 3 aromatic carbocycles. The molecule has 13 heteroatoms. The van der Waals surface area contributed by atoms with Gasteiger partial charge in [0.2, 0.25) is 5.91 Å². The summed E-state index contributed by atoms with van der Waals surface area (Å²) < 4.78 is 82.3. The number of aliphatic carboxylic acids is 1. The molecule has 1 heterocycles. The second-order valence-electron chi connectivity index (χ2n) is 12.1. The van der Waals surface area contributed by atoms with E-state index in [1.807, 2.05) is 13.1 Å². The summed E-state index contributed by atoms with van der Waals surface area (Å²) in [6.07, 6.45) is -1.64. The molecule has 2 aliphatic rings. The van der Waals surface area contributed by atoms with Crippen molar-refractivity contribution >= 4 is 33.3 Å². The van der Waals surface area contributed by atoms with Crippen LogP contribution in [-0.4, -0.2) is 50.4 Å². The summed E-state index contributed by atoms with van der Waals surface area (Å²) in [4.78, 5) is 27.9. The van der Waals surface area contributed by atoms with Gasteiger partial charge in [-0.2, -0.15) is 13.2 Å². The van der Waals surface area contributed by atoms with Crippen molar-refractivity contribution in [2.45, 2.75) is 55.0 Å². The van der Waals surface area contributed by atoms with Crippen LogP contribution >= 0.6 is 0 Å². The number of benzene rings is 3. The van der Waals surface area contributed by atoms with Crippen LogP contribution in [0.15, 0.2) is 71.6 Å². The number of hydrogen-bond donors (Lipinski definition) is 3. The Kier molecular flexibility index (Phi) is 9.73. The SMILES string of the molecule is CN1CCC[C@@H](c2cccc(S(=O)(=O)Nc3ccc([C@H]4CCC[C@@H](C(=O)Nc5ccc(C(F)(F)F)cc5F)[C@@H]4C(=O)O)cc3)c2)C1. The van der Waals surface area contributed by atoms with E-state index in [1.165, 1.54) is 18.2 Å². The quantitative estimate of drug-likeness (QED) is 0.232. The molecule has 1 aliphatic heterocycles. The molecular formula is C33H35F4N3O5S. The maximum absolute atomic E-state index is 14.4. The lowest BCUT2D eigenvalue weighted by molar-refractivity contribution is -0.148. The highest BCUT2D eigenvalue weighted by Gasteiger charge is 2.43. The number of likely N-dealkylation sites (tertiary alicyclic amines) is 1. The number of nitrogens with zero attached hydrogens (tertiary/aromatic N) is 1. The molecule has 2 fully saturated rings. The van der Waals surface area contributed by atoms with E-state index in [0.717, 1.165) is 37.6 Å². The van der Waals surface area contributed by atoms with Crippen LogP contribution in [0.3, 0.4) is 0 Å². The van der Waals surface area contributed by atoms with Crippen molar-refractivity contribution in [2.75, 3.05) is 30.2 Å². The molecule has 0 unspecified atom stereocenters. The highest BCUT2D eigenvalue weighted by Crippen LogP contribution is 2.43. The maximum Gasteiger partial charge on any atom is 0.416 e. The maximum atomic E-state index is 14.4. The number of alkyl halides is 3. The standard InChI is InChI=1S/C33H35F4N3O5S/c1-40-16-4-6-22(19-40)21-5-2-7-25(17-21)46(44,45)39-24-13-10-20(11-14-24)26-8-3-9-27(30(26)32(42)43)31(41)38-29-15-12-23(18-28(29)34)33(35,36)37/h2,5,7,10-15,17-18,22,26-27,30,39H,3-4,6,8-9,16,19H2,1H3,(H,38,41)(H,42,43)/t22-,26-,27-,30-/m1/s1. The summed E-state index contributed by atoms with van der Waals surface area (Å²) in [6, 6.07) is 14.9. The number of carbonyl (C=O) groups is 2. The van der Waals surface area contributed by atoms with Crippen LogP contribution in [0.25, 0.3) is 0 Å². The number of amides is 1. The Hall–Kier alpha value is -3.97. The molecule has 1 saturated carbocycles. The van der Waals surface area contributed by atoms with Crippen molar-refractivity contribution < 1.29 is 40.7 Å². The monoisotopic (exact) mass is 661 g/mol.